The molecule has 2 rings (SSSR count). The number of aliphatic carboxylic acids is 1. The van der Waals surface area contributed by atoms with E-state index in [1.165, 1.54) is 0 Å². The molecule has 1 aromatic heterocycles. The van der Waals surface area contributed by atoms with Crippen LogP contribution in [0.4, 0.5) is 0 Å². The summed E-state index contributed by atoms with van der Waals surface area (Å²) in [6, 6.07) is 4.73. The number of hydrogen-bond donors (Lipinski definition) is 7. The molecule has 0 radical (unpaired) electrons. The molecule has 3 amide bonds. The Morgan fingerprint density at radius 2 is 1.75 bits per heavy atom. The molecular weight excluding hydrogens is 434 g/mol. The lowest BCUT2D eigenvalue weighted by atomic mass is 10.0. The van der Waals surface area contributed by atoms with Crippen LogP contribution in [0.15, 0.2) is 30.5 Å². The van der Waals surface area contributed by atoms with Gasteiger partial charge in [0, 0.05) is 35.7 Å². The summed E-state index contributed by atoms with van der Waals surface area (Å²) in [6.45, 7) is 2.24. The van der Waals surface area contributed by atoms with E-state index >= 15 is 0 Å². The van der Waals surface area contributed by atoms with Gasteiger partial charge in [-0.3, -0.25) is 19.2 Å². The second-order valence-electron chi connectivity index (χ2n) is 7.31. The lowest BCUT2D eigenvalue weighted by molar-refractivity contribution is -0.137. The Labute approximate surface area is 191 Å². The fourth-order valence-electron chi connectivity index (χ4n) is 3.32. The Balaban J connectivity index is 2.25. The molecule has 0 saturated heterocycles. The third-order valence-corrected chi connectivity index (χ3v) is 5.35. The molecule has 1 aromatic carbocycles. The van der Waals surface area contributed by atoms with Gasteiger partial charge in [-0.05, 0) is 24.6 Å². The minimum Gasteiger partial charge on any atom is -0.481 e. The Morgan fingerprint density at radius 3 is 2.38 bits per heavy atom. The molecule has 1 heterocycles. The number of H-pyrrole nitrogens is 1. The number of aromatic nitrogens is 1. The van der Waals surface area contributed by atoms with Crippen molar-refractivity contribution in [3.63, 3.8) is 0 Å². The summed E-state index contributed by atoms with van der Waals surface area (Å²) in [5.74, 6) is -2.85. The first kappa shape index (κ1) is 25.2. The van der Waals surface area contributed by atoms with Gasteiger partial charge in [-0.2, -0.15) is 12.6 Å². The Kier molecular flexibility index (Phi) is 9.54. The van der Waals surface area contributed by atoms with Gasteiger partial charge in [0.1, 0.15) is 12.1 Å². The van der Waals surface area contributed by atoms with Crippen LogP contribution in [-0.4, -0.2) is 64.2 Å². The van der Waals surface area contributed by atoms with Gasteiger partial charge in [-0.15, -0.1) is 0 Å². The van der Waals surface area contributed by atoms with Gasteiger partial charge in [0.25, 0.3) is 0 Å². The molecule has 0 aliphatic rings. The smallest absolute Gasteiger partial charge is 0.303 e. The Hall–Kier alpha value is -3.05. The summed E-state index contributed by atoms with van der Waals surface area (Å²) in [5, 5.41) is 18.0. The Bertz CT molecular complexity index is 963. The molecule has 7 N–H and O–H groups in total. The molecule has 2 aromatic rings. The number of carboxylic acid groups (broad SMARTS) is 1. The highest BCUT2D eigenvalue weighted by molar-refractivity contribution is 7.80. The first-order chi connectivity index (χ1) is 15.3. The number of nitrogens with two attached hydrogens (primary N) is 1. The average Bonchev–Trinajstić information content (AvgIpc) is 3.16. The van der Waals surface area contributed by atoms with E-state index in [9.17, 15) is 19.2 Å². The van der Waals surface area contributed by atoms with Crippen LogP contribution in [0, 0.1) is 0 Å². The van der Waals surface area contributed by atoms with E-state index in [1.54, 1.807) is 13.1 Å². The zero-order valence-corrected chi connectivity index (χ0v) is 18.7. The second-order valence-corrected chi connectivity index (χ2v) is 7.68. The molecule has 3 atom stereocenters. The van der Waals surface area contributed by atoms with Crippen LogP contribution in [0.5, 0.6) is 0 Å². The highest BCUT2D eigenvalue weighted by Gasteiger charge is 2.28. The highest BCUT2D eigenvalue weighted by atomic mass is 32.1. The Morgan fingerprint density at radius 1 is 1.09 bits per heavy atom. The quantitative estimate of drug-likeness (QED) is 0.205. The number of nitrogens with one attached hydrogen (secondary N) is 4. The number of primary amides is 1. The molecule has 0 fully saturated rings. The number of aromatic amines is 1. The van der Waals surface area contributed by atoms with E-state index < -0.39 is 41.8 Å². The van der Waals surface area contributed by atoms with Crippen molar-refractivity contribution in [3.05, 3.63) is 36.0 Å². The number of benzene rings is 1. The molecule has 11 heteroatoms. The third kappa shape index (κ3) is 6.99. The number of fused-ring (bicyclic) bond motifs is 1. The van der Waals surface area contributed by atoms with Gasteiger partial charge in [0.2, 0.25) is 17.7 Å². The largest absolute Gasteiger partial charge is 0.481 e. The van der Waals surface area contributed by atoms with Crippen molar-refractivity contribution in [2.75, 3.05) is 12.3 Å². The fraction of sp³-hybridized carbons (Fsp3) is 0.429. The number of carboxylic acids is 1. The maximum absolute atomic E-state index is 13.0. The van der Waals surface area contributed by atoms with Gasteiger partial charge >= 0.3 is 5.97 Å². The van der Waals surface area contributed by atoms with Crippen LogP contribution < -0.4 is 21.7 Å². The lowest BCUT2D eigenvalue weighted by Crippen LogP contribution is -2.57. The summed E-state index contributed by atoms with van der Waals surface area (Å²) in [4.78, 5) is 51.5. The van der Waals surface area contributed by atoms with Crippen molar-refractivity contribution in [1.29, 1.82) is 0 Å². The van der Waals surface area contributed by atoms with Gasteiger partial charge in [0.15, 0.2) is 0 Å². The molecule has 0 unspecified atom stereocenters. The van der Waals surface area contributed by atoms with E-state index in [1.807, 2.05) is 24.3 Å². The van der Waals surface area contributed by atoms with E-state index in [0.29, 0.717) is 6.54 Å². The summed E-state index contributed by atoms with van der Waals surface area (Å²) in [6.07, 6.45) is 1.77. The molecule has 0 saturated carbocycles. The summed E-state index contributed by atoms with van der Waals surface area (Å²) in [5.41, 5.74) is 6.98. The zero-order chi connectivity index (χ0) is 23.7. The van der Waals surface area contributed by atoms with Crippen molar-refractivity contribution < 1.29 is 24.3 Å². The van der Waals surface area contributed by atoms with Crippen LogP contribution in [0.3, 0.4) is 0 Å². The van der Waals surface area contributed by atoms with Crippen LogP contribution in [0.1, 0.15) is 25.3 Å². The van der Waals surface area contributed by atoms with Crippen LogP contribution in [-0.2, 0) is 25.6 Å². The van der Waals surface area contributed by atoms with Gasteiger partial charge in [-0.1, -0.05) is 25.1 Å². The predicted octanol–water partition coefficient (Wildman–Crippen LogP) is -0.0620. The summed E-state index contributed by atoms with van der Waals surface area (Å²) in [7, 11) is 0. The molecule has 0 aliphatic carbocycles. The van der Waals surface area contributed by atoms with E-state index in [-0.39, 0.29) is 25.0 Å². The third-order valence-electron chi connectivity index (χ3n) is 4.99. The van der Waals surface area contributed by atoms with Crippen LogP contribution in [0.2, 0.25) is 0 Å². The van der Waals surface area contributed by atoms with Crippen molar-refractivity contribution in [2.24, 2.45) is 5.73 Å². The van der Waals surface area contributed by atoms with Crippen LogP contribution >= 0.6 is 12.6 Å². The van der Waals surface area contributed by atoms with E-state index in [4.69, 9.17) is 10.8 Å². The first-order valence-corrected chi connectivity index (χ1v) is 10.9. The van der Waals surface area contributed by atoms with Crippen molar-refractivity contribution in [1.82, 2.24) is 20.9 Å². The van der Waals surface area contributed by atoms with Gasteiger partial charge in [0.05, 0.1) is 6.04 Å². The minimum atomic E-state index is -1.02. The van der Waals surface area contributed by atoms with Crippen molar-refractivity contribution >= 4 is 47.2 Å². The molecule has 10 nitrogen and oxygen atoms in total. The molecule has 0 spiro atoms. The standard InChI is InChI=1S/C21H29N5O5S/c1-2-23-15(7-8-18(27)28)20(30)25-16(21(31)26-17(11-32)19(22)29)9-12-10-24-14-6-4-3-5-13(12)14/h3-6,10,15-17,23-24,32H,2,7-9,11H2,1H3,(H2,22,29)(H,25,30)(H,26,31)(H,27,28)/t15-,16-,17-/m0/s1. The van der Waals surface area contributed by atoms with Gasteiger partial charge in [-0.25, -0.2) is 0 Å². The van der Waals surface area contributed by atoms with Crippen molar-refractivity contribution in [2.45, 2.75) is 44.3 Å². The average molecular weight is 464 g/mol. The number of hydrogen-bond acceptors (Lipinski definition) is 6. The predicted molar refractivity (Wildman–Crippen MR) is 123 cm³/mol. The monoisotopic (exact) mass is 463 g/mol. The van der Waals surface area contributed by atoms with Crippen molar-refractivity contribution in [3.8, 4) is 0 Å². The molecule has 0 aliphatic heterocycles. The number of thiol groups is 1. The van der Waals surface area contributed by atoms with E-state index in [0.717, 1.165) is 16.5 Å². The fourth-order valence-corrected chi connectivity index (χ4v) is 3.59. The lowest BCUT2D eigenvalue weighted by Gasteiger charge is -2.24. The molecule has 32 heavy (non-hydrogen) atoms. The first-order valence-electron chi connectivity index (χ1n) is 10.3. The number of para-hydroxylation sites is 1. The van der Waals surface area contributed by atoms with Gasteiger partial charge < -0.3 is 31.8 Å². The van der Waals surface area contributed by atoms with Crippen LogP contribution in [0.25, 0.3) is 10.9 Å². The molecule has 174 valence electrons. The highest BCUT2D eigenvalue weighted by Crippen LogP contribution is 2.19. The topological polar surface area (TPSA) is 166 Å². The minimum absolute atomic E-state index is 0.00739. The number of carbonyl (C=O) groups is 4. The molecule has 0 bridgehead atoms. The number of rotatable bonds is 13. The second kappa shape index (κ2) is 12.1. The maximum atomic E-state index is 13.0. The van der Waals surface area contributed by atoms with E-state index in [2.05, 4.69) is 33.6 Å². The SMILES string of the molecule is CCN[C@@H](CCC(=O)O)C(=O)N[C@@H](Cc1c[nH]c2ccccc12)C(=O)N[C@@H](CS)C(N)=O. The summed E-state index contributed by atoms with van der Waals surface area (Å²) >= 11 is 4.04. The number of amides is 3. The zero-order valence-electron chi connectivity index (χ0n) is 17.8. The maximum Gasteiger partial charge on any atom is 0.303 e. The summed E-state index contributed by atoms with van der Waals surface area (Å²) < 4.78 is 0. The normalized spacial score (nSPS) is 13.8. The number of likely N-dealkylation sites (N-methyl/N-ethyl adjacent to an activating group) is 1. The molecular formula is C21H29N5O5S. The number of carbonyl (C=O) groups excluding carboxylic acids is 3.